The maximum atomic E-state index is 14.4. The molecule has 3 aromatic rings. The molecule has 3 fully saturated rings. The highest BCUT2D eigenvalue weighted by molar-refractivity contribution is 7.91. The quantitative estimate of drug-likeness (QED) is 0.189. The molecule has 2 aromatic carbocycles. The number of aliphatic hydroxyl groups is 1. The average molecular weight is 748 g/mol. The highest BCUT2D eigenvalue weighted by atomic mass is 32.2. The minimum atomic E-state index is -3.91. The predicted octanol–water partition coefficient (Wildman–Crippen LogP) is 2.45. The molecule has 15 heteroatoms. The molecule has 0 bridgehead atoms. The molecule has 1 unspecified atom stereocenters. The van der Waals surface area contributed by atoms with Crippen LogP contribution in [0.15, 0.2) is 67.3 Å². The van der Waals surface area contributed by atoms with Crippen LogP contribution in [0.2, 0.25) is 0 Å². The van der Waals surface area contributed by atoms with Crippen LogP contribution in [0.4, 0.5) is 0 Å². The van der Waals surface area contributed by atoms with Crippen LogP contribution in [-0.2, 0) is 29.2 Å². The molecule has 0 radical (unpaired) electrons. The van der Waals surface area contributed by atoms with Gasteiger partial charge in [-0.25, -0.2) is 13.4 Å². The summed E-state index contributed by atoms with van der Waals surface area (Å²) >= 11 is 0. The Labute approximate surface area is 308 Å². The molecule has 14 nitrogen and oxygen atoms in total. The van der Waals surface area contributed by atoms with Crippen LogP contribution in [-0.4, -0.2) is 96.3 Å². The summed E-state index contributed by atoms with van der Waals surface area (Å²) < 4.78 is 39.6. The van der Waals surface area contributed by atoms with Crippen molar-refractivity contribution in [3.63, 3.8) is 0 Å². The van der Waals surface area contributed by atoms with Crippen molar-refractivity contribution in [2.75, 3.05) is 20.3 Å². The maximum Gasteiger partial charge on any atom is 0.259 e. The van der Waals surface area contributed by atoms with E-state index in [1.165, 1.54) is 11.0 Å². The van der Waals surface area contributed by atoms with Crippen molar-refractivity contribution in [1.29, 1.82) is 0 Å². The SMILES string of the molecule is C=C[C@@H]1C[C@]1(NC(=O)C1C[C@@H](Oc2cc(-c3ccccc3)nc3cc(OC)ccc23)CN1C(=O)[C@@H](NC(=O)CO)C(C)(C)C)C(=O)NS(=O)(=O)C1CC1. The standard InChI is InChI=1S/C38H45N5O9S/c1-6-23-19-38(23,36(48)42-53(49,50)26-13-14-26)41-34(46)30-17-25(20-43(30)35(47)33(37(2,3)4)40-32(45)21-44)52-31-18-28(22-10-8-7-9-11-22)39-29-16-24(51-5)12-15-27(29)31/h6-12,15-16,18,23,25-26,30,33,44H,1,13-14,17,19-21H2,2-5H3,(H,40,45)(H,41,46)(H,42,48)/t23-,25-,30?,33-,38-/m1/s1. The molecule has 2 heterocycles. The summed E-state index contributed by atoms with van der Waals surface area (Å²) in [5.74, 6) is -2.41. The van der Waals surface area contributed by atoms with Crippen molar-refractivity contribution in [2.24, 2.45) is 11.3 Å². The molecular formula is C38H45N5O9S. The second kappa shape index (κ2) is 14.4. The molecule has 53 heavy (non-hydrogen) atoms. The number of carbonyl (C=O) groups excluding carboxylic acids is 4. The van der Waals surface area contributed by atoms with Gasteiger partial charge >= 0.3 is 0 Å². The Morgan fingerprint density at radius 2 is 1.83 bits per heavy atom. The molecule has 1 aromatic heterocycles. The number of aliphatic hydroxyl groups excluding tert-OH is 1. The van der Waals surface area contributed by atoms with Crippen LogP contribution in [0.5, 0.6) is 11.5 Å². The van der Waals surface area contributed by atoms with Gasteiger partial charge in [0.1, 0.15) is 41.8 Å². The Morgan fingerprint density at radius 1 is 1.11 bits per heavy atom. The Morgan fingerprint density at radius 3 is 2.43 bits per heavy atom. The zero-order chi connectivity index (χ0) is 38.3. The van der Waals surface area contributed by atoms with Crippen LogP contribution in [0, 0.1) is 11.3 Å². The number of fused-ring (bicyclic) bond motifs is 1. The van der Waals surface area contributed by atoms with Crippen molar-refractivity contribution in [3.8, 4) is 22.8 Å². The van der Waals surface area contributed by atoms with Gasteiger partial charge in [0.05, 0.1) is 30.1 Å². The van der Waals surface area contributed by atoms with Crippen molar-refractivity contribution < 1.29 is 42.2 Å². The Hall–Kier alpha value is -5.02. The van der Waals surface area contributed by atoms with E-state index in [2.05, 4.69) is 21.9 Å². The minimum absolute atomic E-state index is 0.000147. The van der Waals surface area contributed by atoms with Crippen LogP contribution < -0.4 is 24.8 Å². The molecule has 0 spiro atoms. The number of nitrogens with one attached hydrogen (secondary N) is 3. The fourth-order valence-corrected chi connectivity index (χ4v) is 8.12. The second-order valence-corrected chi connectivity index (χ2v) is 16.9. The van der Waals surface area contributed by atoms with Gasteiger partial charge < -0.3 is 30.1 Å². The summed E-state index contributed by atoms with van der Waals surface area (Å²) in [4.78, 5) is 60.7. The van der Waals surface area contributed by atoms with Crippen LogP contribution >= 0.6 is 0 Å². The third-order valence-corrected chi connectivity index (χ3v) is 11.8. The molecule has 2 saturated carbocycles. The Balaban J connectivity index is 1.34. The Bertz CT molecular complexity index is 2050. The number of carbonyl (C=O) groups is 4. The number of amides is 4. The van der Waals surface area contributed by atoms with E-state index < -0.39 is 80.6 Å². The number of hydrogen-bond acceptors (Lipinski definition) is 10. The number of methoxy groups -OCH3 is 1. The topological polar surface area (TPSA) is 193 Å². The first-order chi connectivity index (χ1) is 25.1. The molecule has 282 valence electrons. The van der Waals surface area contributed by atoms with Gasteiger partial charge in [-0.2, -0.15) is 0 Å². The van der Waals surface area contributed by atoms with E-state index in [0.717, 1.165) is 5.56 Å². The molecule has 3 aliphatic rings. The highest BCUT2D eigenvalue weighted by Crippen LogP contribution is 2.46. The lowest BCUT2D eigenvalue weighted by molar-refractivity contribution is -0.145. The number of sulfonamides is 1. The number of nitrogens with zero attached hydrogens (tertiary/aromatic N) is 2. The van der Waals surface area contributed by atoms with Gasteiger partial charge in [0.25, 0.3) is 5.91 Å². The third kappa shape index (κ3) is 7.86. The summed E-state index contributed by atoms with van der Waals surface area (Å²) in [6.07, 6.45) is 1.77. The normalized spacial score (nSPS) is 23.1. The monoisotopic (exact) mass is 747 g/mol. The fraction of sp³-hybridized carbons (Fsp3) is 0.447. The molecule has 1 saturated heterocycles. The van der Waals surface area contributed by atoms with Crippen molar-refractivity contribution >= 4 is 44.6 Å². The summed E-state index contributed by atoms with van der Waals surface area (Å²) in [5, 5.41) is 14.9. The number of benzene rings is 2. The molecule has 6 rings (SSSR count). The number of ether oxygens (including phenoxy) is 2. The van der Waals surface area contributed by atoms with Gasteiger partial charge in [0, 0.05) is 35.4 Å². The van der Waals surface area contributed by atoms with Crippen molar-refractivity contribution in [1.82, 2.24) is 25.2 Å². The summed E-state index contributed by atoms with van der Waals surface area (Å²) in [6, 6.07) is 14.4. The fourth-order valence-electron chi connectivity index (χ4n) is 6.75. The van der Waals surface area contributed by atoms with Gasteiger partial charge in [-0.15, -0.1) is 6.58 Å². The maximum absolute atomic E-state index is 14.4. The smallest absolute Gasteiger partial charge is 0.259 e. The molecule has 4 N–H and O–H groups in total. The number of aromatic nitrogens is 1. The van der Waals surface area contributed by atoms with Gasteiger partial charge in [0.15, 0.2) is 0 Å². The van der Waals surface area contributed by atoms with Crippen molar-refractivity contribution in [2.45, 2.75) is 75.4 Å². The molecule has 1 aliphatic heterocycles. The van der Waals surface area contributed by atoms with E-state index in [-0.39, 0.29) is 19.4 Å². The van der Waals surface area contributed by atoms with Gasteiger partial charge in [-0.05, 0) is 36.8 Å². The Kier molecular flexibility index (Phi) is 10.3. The van der Waals surface area contributed by atoms with E-state index in [0.29, 0.717) is 40.9 Å². The zero-order valence-electron chi connectivity index (χ0n) is 30.1. The largest absolute Gasteiger partial charge is 0.497 e. The highest BCUT2D eigenvalue weighted by Gasteiger charge is 2.62. The third-order valence-electron chi connectivity index (χ3n) is 10.0. The average Bonchev–Trinajstić information content (AvgIpc) is 4.06. The summed E-state index contributed by atoms with van der Waals surface area (Å²) in [5.41, 5.74) is -0.356. The van der Waals surface area contributed by atoms with E-state index >= 15 is 0 Å². The van der Waals surface area contributed by atoms with E-state index in [9.17, 15) is 32.7 Å². The lowest BCUT2D eigenvalue weighted by Gasteiger charge is -2.35. The first-order valence-corrected chi connectivity index (χ1v) is 19.1. The van der Waals surface area contributed by atoms with E-state index in [1.807, 2.05) is 36.4 Å². The van der Waals surface area contributed by atoms with Crippen LogP contribution in [0.25, 0.3) is 22.2 Å². The van der Waals surface area contributed by atoms with E-state index in [4.69, 9.17) is 14.5 Å². The number of pyridine rings is 1. The summed E-state index contributed by atoms with van der Waals surface area (Å²) in [6.45, 7) is 8.08. The van der Waals surface area contributed by atoms with Gasteiger partial charge in [-0.3, -0.25) is 23.9 Å². The van der Waals surface area contributed by atoms with E-state index in [1.54, 1.807) is 46.1 Å². The number of likely N-dealkylation sites (tertiary alicyclic amines) is 1. The van der Waals surface area contributed by atoms with Gasteiger partial charge in [-0.1, -0.05) is 57.2 Å². The number of hydrogen-bond donors (Lipinski definition) is 4. The molecule has 5 atom stereocenters. The minimum Gasteiger partial charge on any atom is -0.497 e. The second-order valence-electron chi connectivity index (χ2n) is 14.9. The van der Waals surface area contributed by atoms with Crippen LogP contribution in [0.3, 0.4) is 0 Å². The lowest BCUT2D eigenvalue weighted by atomic mass is 9.85. The molecule has 2 aliphatic carbocycles. The van der Waals surface area contributed by atoms with Crippen LogP contribution in [0.1, 0.15) is 46.5 Å². The number of rotatable bonds is 13. The summed E-state index contributed by atoms with van der Waals surface area (Å²) in [7, 11) is -2.36. The predicted molar refractivity (Wildman–Crippen MR) is 196 cm³/mol. The lowest BCUT2D eigenvalue weighted by Crippen LogP contribution is -2.60. The first-order valence-electron chi connectivity index (χ1n) is 17.5. The molecule has 4 amide bonds. The van der Waals surface area contributed by atoms with Crippen molar-refractivity contribution in [3.05, 3.63) is 67.3 Å². The molecular weight excluding hydrogens is 703 g/mol. The van der Waals surface area contributed by atoms with Gasteiger partial charge in [0.2, 0.25) is 27.7 Å². The zero-order valence-corrected chi connectivity index (χ0v) is 30.9. The first kappa shape index (κ1) is 37.7.